The van der Waals surface area contributed by atoms with Crippen LogP contribution < -0.4 is 14.8 Å². The lowest BCUT2D eigenvalue weighted by atomic mass is 9.92. The molecule has 2 aromatic rings. The monoisotopic (exact) mass is 424 g/mol. The lowest BCUT2D eigenvalue weighted by Crippen LogP contribution is -2.37. The minimum atomic E-state index is -0.401. The zero-order valence-corrected chi connectivity index (χ0v) is 17.9. The molecule has 6 heteroatoms. The van der Waals surface area contributed by atoms with Crippen LogP contribution in [0.4, 0.5) is 10.1 Å². The van der Waals surface area contributed by atoms with Gasteiger partial charge in [0, 0.05) is 25.1 Å². The Labute approximate surface area is 182 Å². The number of likely N-dealkylation sites (tertiary alicyclic amines) is 1. The molecule has 2 aliphatic heterocycles. The fraction of sp³-hybridized carbons (Fsp3) is 0.400. The van der Waals surface area contributed by atoms with E-state index in [-0.39, 0.29) is 11.6 Å². The van der Waals surface area contributed by atoms with Crippen LogP contribution in [0.15, 0.2) is 48.0 Å². The van der Waals surface area contributed by atoms with Crippen molar-refractivity contribution < 1.29 is 18.7 Å². The van der Waals surface area contributed by atoms with Gasteiger partial charge in [-0.25, -0.2) is 4.39 Å². The quantitative estimate of drug-likeness (QED) is 0.698. The van der Waals surface area contributed by atoms with Crippen molar-refractivity contribution in [2.75, 3.05) is 38.7 Å². The summed E-state index contributed by atoms with van der Waals surface area (Å²) in [6.07, 6.45) is 5.67. The van der Waals surface area contributed by atoms with Crippen molar-refractivity contribution in [1.82, 2.24) is 4.90 Å². The number of hydrogen-bond donors (Lipinski definition) is 1. The molecule has 2 aliphatic rings. The maximum atomic E-state index is 13.7. The summed E-state index contributed by atoms with van der Waals surface area (Å²) in [5.41, 5.74) is 2.55. The highest BCUT2D eigenvalue weighted by Crippen LogP contribution is 2.31. The Kier molecular flexibility index (Phi) is 6.87. The molecule has 1 fully saturated rings. The number of rotatable bonds is 7. The first kappa shape index (κ1) is 21.4. The number of benzene rings is 2. The van der Waals surface area contributed by atoms with E-state index in [1.54, 1.807) is 25.3 Å². The van der Waals surface area contributed by atoms with Gasteiger partial charge in [-0.15, -0.1) is 0 Å². The van der Waals surface area contributed by atoms with Crippen molar-refractivity contribution >= 4 is 17.7 Å². The second-order valence-corrected chi connectivity index (χ2v) is 8.31. The number of amides is 1. The average Bonchev–Trinajstić information content (AvgIpc) is 2.79. The Morgan fingerprint density at radius 3 is 3.00 bits per heavy atom. The number of carbonyl (C=O) groups is 1. The number of para-hydroxylation sites is 1. The van der Waals surface area contributed by atoms with Crippen LogP contribution in [0.2, 0.25) is 0 Å². The predicted octanol–water partition coefficient (Wildman–Crippen LogP) is 4.74. The zero-order valence-electron chi connectivity index (χ0n) is 17.9. The SMILES string of the molecule is COc1ccc2c(c1)C=C(CN1CCC[C@@H](CCC(=O)Nc3ccccc3F)C1)CO2. The number of fused-ring (bicyclic) bond motifs is 1. The molecule has 2 heterocycles. The normalized spacial score (nSPS) is 18.5. The minimum Gasteiger partial charge on any atom is -0.497 e. The van der Waals surface area contributed by atoms with Crippen LogP contribution in [0.3, 0.4) is 0 Å². The largest absolute Gasteiger partial charge is 0.497 e. The Balaban J connectivity index is 1.28. The number of hydrogen-bond acceptors (Lipinski definition) is 4. The molecule has 1 amide bonds. The topological polar surface area (TPSA) is 50.8 Å². The van der Waals surface area contributed by atoms with E-state index in [1.807, 2.05) is 18.2 Å². The van der Waals surface area contributed by atoms with Crippen molar-refractivity contribution in [3.8, 4) is 11.5 Å². The highest BCUT2D eigenvalue weighted by molar-refractivity contribution is 5.90. The Hall–Kier alpha value is -2.86. The van der Waals surface area contributed by atoms with Crippen LogP contribution in [-0.2, 0) is 4.79 Å². The third-order valence-corrected chi connectivity index (χ3v) is 5.95. The molecule has 1 N–H and O–H groups in total. The predicted molar refractivity (Wildman–Crippen MR) is 120 cm³/mol. The fourth-order valence-electron chi connectivity index (χ4n) is 4.35. The average molecular weight is 425 g/mol. The number of anilines is 1. The van der Waals surface area contributed by atoms with Crippen molar-refractivity contribution in [3.05, 3.63) is 59.4 Å². The summed E-state index contributed by atoms with van der Waals surface area (Å²) < 4.78 is 24.9. The summed E-state index contributed by atoms with van der Waals surface area (Å²) in [7, 11) is 1.67. The molecule has 1 saturated heterocycles. The summed E-state index contributed by atoms with van der Waals surface area (Å²) in [4.78, 5) is 14.7. The van der Waals surface area contributed by atoms with Crippen LogP contribution in [0, 0.1) is 11.7 Å². The van der Waals surface area contributed by atoms with Crippen molar-refractivity contribution in [3.63, 3.8) is 0 Å². The van der Waals surface area contributed by atoms with E-state index in [4.69, 9.17) is 9.47 Å². The molecule has 4 rings (SSSR count). The molecule has 0 aromatic heterocycles. The third-order valence-electron chi connectivity index (χ3n) is 5.95. The lowest BCUT2D eigenvalue weighted by Gasteiger charge is -2.34. The maximum Gasteiger partial charge on any atom is 0.224 e. The van der Waals surface area contributed by atoms with Gasteiger partial charge in [-0.3, -0.25) is 9.69 Å². The van der Waals surface area contributed by atoms with E-state index < -0.39 is 5.82 Å². The molecular formula is C25H29FN2O3. The van der Waals surface area contributed by atoms with E-state index >= 15 is 0 Å². The van der Waals surface area contributed by atoms with Crippen molar-refractivity contribution in [1.29, 1.82) is 0 Å². The summed E-state index contributed by atoms with van der Waals surface area (Å²) >= 11 is 0. The first-order valence-electron chi connectivity index (χ1n) is 10.9. The van der Waals surface area contributed by atoms with Gasteiger partial charge in [-0.05, 0) is 73.7 Å². The zero-order chi connectivity index (χ0) is 21.6. The molecule has 0 spiro atoms. The number of piperidine rings is 1. The first-order valence-corrected chi connectivity index (χ1v) is 10.9. The number of methoxy groups -OCH3 is 1. The molecule has 0 radical (unpaired) electrons. The molecule has 2 aromatic carbocycles. The Bertz CT molecular complexity index is 960. The van der Waals surface area contributed by atoms with Gasteiger partial charge >= 0.3 is 0 Å². The van der Waals surface area contributed by atoms with Gasteiger partial charge in [0.15, 0.2) is 0 Å². The van der Waals surface area contributed by atoms with Gasteiger partial charge in [0.25, 0.3) is 0 Å². The van der Waals surface area contributed by atoms with Crippen LogP contribution in [-0.4, -0.2) is 44.2 Å². The summed E-state index contributed by atoms with van der Waals surface area (Å²) in [5, 5.41) is 2.68. The van der Waals surface area contributed by atoms with Crippen LogP contribution in [0.1, 0.15) is 31.2 Å². The lowest BCUT2D eigenvalue weighted by molar-refractivity contribution is -0.116. The summed E-state index contributed by atoms with van der Waals surface area (Å²) in [6, 6.07) is 12.1. The van der Waals surface area contributed by atoms with Crippen LogP contribution in [0.25, 0.3) is 6.08 Å². The standard InChI is InChI=1S/C25H29FN2O3/c1-30-21-9-10-24-20(14-21)13-19(17-31-24)16-28-12-4-5-18(15-28)8-11-25(29)27-23-7-3-2-6-22(23)26/h2-3,6-7,9-10,13-14,18H,4-5,8,11-12,15-17H2,1H3,(H,27,29)/t18-/m0/s1. The molecule has 1 atom stereocenters. The second-order valence-electron chi connectivity index (χ2n) is 8.31. The smallest absolute Gasteiger partial charge is 0.224 e. The first-order chi connectivity index (χ1) is 15.1. The maximum absolute atomic E-state index is 13.7. The Morgan fingerprint density at radius 1 is 1.29 bits per heavy atom. The molecule has 0 unspecified atom stereocenters. The molecule has 5 nitrogen and oxygen atoms in total. The van der Waals surface area contributed by atoms with Gasteiger partial charge in [-0.1, -0.05) is 12.1 Å². The minimum absolute atomic E-state index is 0.129. The molecule has 164 valence electrons. The molecule has 0 bridgehead atoms. The fourth-order valence-corrected chi connectivity index (χ4v) is 4.35. The second kappa shape index (κ2) is 9.96. The van der Waals surface area contributed by atoms with Gasteiger partial charge in [-0.2, -0.15) is 0 Å². The van der Waals surface area contributed by atoms with Crippen LogP contribution in [0.5, 0.6) is 11.5 Å². The van der Waals surface area contributed by atoms with Gasteiger partial charge < -0.3 is 14.8 Å². The molecular weight excluding hydrogens is 395 g/mol. The number of carbonyl (C=O) groups excluding carboxylic acids is 1. The summed E-state index contributed by atoms with van der Waals surface area (Å²) in [6.45, 7) is 3.50. The highest BCUT2D eigenvalue weighted by Gasteiger charge is 2.23. The van der Waals surface area contributed by atoms with Gasteiger partial charge in [0.05, 0.1) is 12.8 Å². The number of ether oxygens (including phenoxy) is 2. The number of halogens is 1. The summed E-state index contributed by atoms with van der Waals surface area (Å²) in [5.74, 6) is 1.66. The van der Waals surface area contributed by atoms with E-state index in [9.17, 15) is 9.18 Å². The third kappa shape index (κ3) is 5.64. The van der Waals surface area contributed by atoms with E-state index in [0.29, 0.717) is 18.9 Å². The Morgan fingerprint density at radius 2 is 2.16 bits per heavy atom. The number of nitrogens with zero attached hydrogens (tertiary/aromatic N) is 1. The van der Waals surface area contributed by atoms with Crippen molar-refractivity contribution in [2.24, 2.45) is 5.92 Å². The van der Waals surface area contributed by atoms with Crippen LogP contribution >= 0.6 is 0 Å². The van der Waals surface area contributed by atoms with Gasteiger partial charge in [0.2, 0.25) is 5.91 Å². The highest BCUT2D eigenvalue weighted by atomic mass is 19.1. The van der Waals surface area contributed by atoms with Gasteiger partial charge in [0.1, 0.15) is 23.9 Å². The van der Waals surface area contributed by atoms with E-state index in [0.717, 1.165) is 56.0 Å². The number of nitrogens with one attached hydrogen (secondary N) is 1. The molecule has 0 aliphatic carbocycles. The van der Waals surface area contributed by atoms with E-state index in [1.165, 1.54) is 11.6 Å². The molecule has 0 saturated carbocycles. The van der Waals surface area contributed by atoms with Crippen molar-refractivity contribution in [2.45, 2.75) is 25.7 Å². The van der Waals surface area contributed by atoms with E-state index in [2.05, 4.69) is 16.3 Å². The molecule has 31 heavy (non-hydrogen) atoms.